The van der Waals surface area contributed by atoms with Crippen LogP contribution in [-0.4, -0.2) is 26.7 Å². The summed E-state index contributed by atoms with van der Waals surface area (Å²) in [5, 5.41) is 10.3. The Morgan fingerprint density at radius 2 is 2.10 bits per heavy atom. The van der Waals surface area contributed by atoms with Gasteiger partial charge in [-0.3, -0.25) is 9.59 Å². The number of hydrogen-bond acceptors (Lipinski definition) is 5. The Balaban J connectivity index is 2.06. The van der Waals surface area contributed by atoms with Crippen molar-refractivity contribution in [3.8, 4) is 0 Å². The van der Waals surface area contributed by atoms with E-state index in [-0.39, 0.29) is 24.8 Å². The van der Waals surface area contributed by atoms with Crippen molar-refractivity contribution in [2.75, 3.05) is 5.32 Å². The first-order valence-corrected chi connectivity index (χ1v) is 6.09. The van der Waals surface area contributed by atoms with E-state index < -0.39 is 0 Å². The fraction of sp³-hybridized carbons (Fsp3) is 0.231. The van der Waals surface area contributed by atoms with E-state index in [9.17, 15) is 9.59 Å². The number of aromatic nitrogens is 3. The van der Waals surface area contributed by atoms with Gasteiger partial charge in [0, 0.05) is 12.1 Å². The number of benzene rings is 1. The predicted molar refractivity (Wildman–Crippen MR) is 73.0 cm³/mol. The zero-order valence-corrected chi connectivity index (χ0v) is 11.0. The molecule has 0 aliphatic carbocycles. The number of carbonyl (C=O) groups is 2. The highest BCUT2D eigenvalue weighted by Gasteiger charge is 2.10. The summed E-state index contributed by atoms with van der Waals surface area (Å²) in [4.78, 5) is 23.4. The minimum absolute atomic E-state index is 0.0131. The number of Topliss-reactive ketones (excluding diaryl/α,β-unsaturated/α-hetero) is 1. The average Bonchev–Trinajstić information content (AvgIpc) is 2.86. The van der Waals surface area contributed by atoms with Crippen LogP contribution in [0, 0.1) is 0 Å². The third kappa shape index (κ3) is 3.27. The first-order valence-electron chi connectivity index (χ1n) is 6.09. The van der Waals surface area contributed by atoms with Crippen LogP contribution >= 0.6 is 0 Å². The Morgan fingerprint density at radius 1 is 1.35 bits per heavy atom. The molecule has 0 unspecified atom stereocenters. The van der Waals surface area contributed by atoms with Crippen LogP contribution in [0.1, 0.15) is 23.0 Å². The topological polar surface area (TPSA) is 103 Å². The smallest absolute Gasteiger partial charge is 0.246 e. The van der Waals surface area contributed by atoms with Crippen LogP contribution in [0.3, 0.4) is 0 Å². The second kappa shape index (κ2) is 6.07. The second-order valence-electron chi connectivity index (χ2n) is 4.26. The normalized spacial score (nSPS) is 10.3. The highest BCUT2D eigenvalue weighted by molar-refractivity contribution is 6.03. The Morgan fingerprint density at radius 3 is 2.75 bits per heavy atom. The van der Waals surface area contributed by atoms with E-state index in [0.717, 1.165) is 0 Å². The van der Waals surface area contributed by atoms with Crippen molar-refractivity contribution in [3.63, 3.8) is 0 Å². The number of amides is 1. The molecular weight excluding hydrogens is 258 g/mol. The third-order valence-corrected chi connectivity index (χ3v) is 2.68. The lowest BCUT2D eigenvalue weighted by Crippen LogP contribution is -2.20. The molecule has 1 aromatic heterocycles. The summed E-state index contributed by atoms with van der Waals surface area (Å²) in [5.74, 6) is -0.390. The maximum atomic E-state index is 11.9. The van der Waals surface area contributed by atoms with Gasteiger partial charge in [0.15, 0.2) is 5.78 Å². The molecule has 3 N–H and O–H groups in total. The molecule has 20 heavy (non-hydrogen) atoms. The lowest BCUT2D eigenvalue weighted by Gasteiger charge is -2.08. The van der Waals surface area contributed by atoms with Crippen molar-refractivity contribution in [2.24, 2.45) is 5.73 Å². The van der Waals surface area contributed by atoms with E-state index in [1.807, 2.05) is 0 Å². The Kier molecular flexibility index (Phi) is 4.21. The van der Waals surface area contributed by atoms with Gasteiger partial charge in [-0.2, -0.15) is 0 Å². The number of hydrogen-bond donors (Lipinski definition) is 2. The van der Waals surface area contributed by atoms with Gasteiger partial charge in [0.05, 0.1) is 17.6 Å². The molecule has 2 rings (SSSR count). The summed E-state index contributed by atoms with van der Waals surface area (Å²) in [6.07, 6.45) is 1.61. The fourth-order valence-electron chi connectivity index (χ4n) is 1.75. The van der Waals surface area contributed by atoms with Crippen LogP contribution in [0.4, 0.5) is 5.69 Å². The summed E-state index contributed by atoms with van der Waals surface area (Å²) in [6.45, 7) is 1.74. The van der Waals surface area contributed by atoms with Gasteiger partial charge in [0.25, 0.3) is 0 Å². The zero-order chi connectivity index (χ0) is 14.5. The van der Waals surface area contributed by atoms with Gasteiger partial charge in [-0.25, -0.2) is 4.68 Å². The van der Waals surface area contributed by atoms with Gasteiger partial charge >= 0.3 is 0 Å². The molecule has 1 aromatic carbocycles. The summed E-state index contributed by atoms with van der Waals surface area (Å²) in [7, 11) is 0. The quantitative estimate of drug-likeness (QED) is 0.775. The second-order valence-corrected chi connectivity index (χ2v) is 4.26. The molecule has 0 bridgehead atoms. The Bertz CT molecular complexity index is 635. The molecular formula is C13H15N5O2. The van der Waals surface area contributed by atoms with E-state index in [4.69, 9.17) is 5.73 Å². The standard InChI is InChI=1S/C13H15N5O2/c1-9(19)11-4-2-3-5-12(11)15-13(20)8-18-7-10(6-14)16-17-18/h2-5,7H,6,8,14H2,1H3,(H,15,20). The summed E-state index contributed by atoms with van der Waals surface area (Å²) in [6, 6.07) is 6.85. The largest absolute Gasteiger partial charge is 0.325 e. The SMILES string of the molecule is CC(=O)c1ccccc1NC(=O)Cn1cc(CN)nn1. The fourth-order valence-corrected chi connectivity index (χ4v) is 1.75. The number of rotatable bonds is 5. The number of nitrogens with two attached hydrogens (primary N) is 1. The first kappa shape index (κ1) is 13.9. The van der Waals surface area contributed by atoms with Crippen LogP contribution in [0.2, 0.25) is 0 Å². The molecule has 0 aliphatic heterocycles. The molecule has 0 aliphatic rings. The molecule has 0 saturated carbocycles. The molecule has 7 heteroatoms. The highest BCUT2D eigenvalue weighted by Crippen LogP contribution is 2.15. The van der Waals surface area contributed by atoms with Crippen molar-refractivity contribution < 1.29 is 9.59 Å². The number of nitrogens with one attached hydrogen (secondary N) is 1. The highest BCUT2D eigenvalue weighted by atomic mass is 16.2. The lowest BCUT2D eigenvalue weighted by atomic mass is 10.1. The number of carbonyl (C=O) groups excluding carboxylic acids is 2. The van der Waals surface area contributed by atoms with Crippen molar-refractivity contribution in [1.29, 1.82) is 0 Å². The van der Waals surface area contributed by atoms with Gasteiger partial charge in [-0.1, -0.05) is 17.3 Å². The summed E-state index contributed by atoms with van der Waals surface area (Å²) >= 11 is 0. The first-order chi connectivity index (χ1) is 9.60. The minimum Gasteiger partial charge on any atom is -0.325 e. The molecule has 0 fully saturated rings. The number of para-hydroxylation sites is 1. The van der Waals surface area contributed by atoms with Crippen LogP contribution in [0.5, 0.6) is 0 Å². The van der Waals surface area contributed by atoms with E-state index in [0.29, 0.717) is 16.9 Å². The number of ketones is 1. The van der Waals surface area contributed by atoms with Crippen LogP contribution in [0.25, 0.3) is 0 Å². The maximum Gasteiger partial charge on any atom is 0.246 e. The van der Waals surface area contributed by atoms with Gasteiger partial charge in [0.2, 0.25) is 5.91 Å². The van der Waals surface area contributed by atoms with Crippen molar-refractivity contribution in [1.82, 2.24) is 15.0 Å². The minimum atomic E-state index is -0.285. The van der Waals surface area contributed by atoms with Crippen molar-refractivity contribution in [2.45, 2.75) is 20.0 Å². The van der Waals surface area contributed by atoms with Crippen molar-refractivity contribution >= 4 is 17.4 Å². The van der Waals surface area contributed by atoms with E-state index >= 15 is 0 Å². The molecule has 0 atom stereocenters. The van der Waals surface area contributed by atoms with Gasteiger partial charge in [-0.05, 0) is 19.1 Å². The molecule has 0 saturated heterocycles. The van der Waals surface area contributed by atoms with Crippen LogP contribution in [-0.2, 0) is 17.9 Å². The van der Waals surface area contributed by atoms with Crippen molar-refractivity contribution in [3.05, 3.63) is 41.7 Å². The predicted octanol–water partition coefficient (Wildman–Crippen LogP) is 0.578. The van der Waals surface area contributed by atoms with Gasteiger partial charge < -0.3 is 11.1 Å². The van der Waals surface area contributed by atoms with Crippen LogP contribution < -0.4 is 11.1 Å². The van der Waals surface area contributed by atoms with Gasteiger partial charge in [-0.15, -0.1) is 5.10 Å². The summed E-state index contributed by atoms with van der Waals surface area (Å²) in [5.41, 5.74) is 6.99. The molecule has 2 aromatic rings. The monoisotopic (exact) mass is 273 g/mol. The molecule has 0 radical (unpaired) electrons. The molecule has 7 nitrogen and oxygen atoms in total. The third-order valence-electron chi connectivity index (χ3n) is 2.68. The van der Waals surface area contributed by atoms with Gasteiger partial charge in [0.1, 0.15) is 6.54 Å². The molecule has 104 valence electrons. The zero-order valence-electron chi connectivity index (χ0n) is 11.0. The van der Waals surface area contributed by atoms with Crippen LogP contribution in [0.15, 0.2) is 30.5 Å². The Hall–Kier alpha value is -2.54. The molecule has 0 spiro atoms. The maximum absolute atomic E-state index is 11.9. The molecule has 1 amide bonds. The number of nitrogens with zero attached hydrogens (tertiary/aromatic N) is 3. The molecule has 1 heterocycles. The van der Waals surface area contributed by atoms with E-state index in [2.05, 4.69) is 15.6 Å². The van der Waals surface area contributed by atoms with E-state index in [1.165, 1.54) is 11.6 Å². The number of anilines is 1. The lowest BCUT2D eigenvalue weighted by molar-refractivity contribution is -0.116. The average molecular weight is 273 g/mol. The van der Waals surface area contributed by atoms with E-state index in [1.54, 1.807) is 30.5 Å². The Labute approximate surface area is 115 Å². The summed E-state index contributed by atoms with van der Waals surface area (Å²) < 4.78 is 1.40.